The maximum atomic E-state index is 14.4. The number of carbonyl (C=O) groups excluding carboxylic acids is 4. The van der Waals surface area contributed by atoms with Crippen molar-refractivity contribution in [2.24, 2.45) is 4.30 Å². The molecule has 0 N–H and O–H groups in total. The van der Waals surface area contributed by atoms with Crippen molar-refractivity contribution in [2.75, 3.05) is 26.2 Å². The molecular formula is C60H95BBr2N5O8S5Si8. The standard InChI is InChI=1S/C30H46Br2N2O4S2Si4.C30H48N2O4S2Si4.BHNS/c1-41(2,3)37-43(7,8)19-11-17-33-27(21-13-15-23(31)39-21)25-26(29(33)35)28(22-14-16-24(32)40-22)34(30(25)36)18-12-20-44(9,10)38-42(4,5)6;1-39(2,3)35-41(7,8)21-13-17-31-27(23-15-11-19-37-23)25-26(29(31)33)28(24-16-12-20-38-24)32(30(25)34)18-14-22-42(9,10)36-40(4,5)6;1-2-3/h13-16H,11-12,17-20H2,1-10H3;11-12,15-16,19-20H,13-14,17-18,21-22H2,1-10H3;3H. The summed E-state index contributed by atoms with van der Waals surface area (Å²) >= 11 is 16.7. The van der Waals surface area contributed by atoms with Crippen LogP contribution in [-0.4, -0.2) is 144 Å². The van der Waals surface area contributed by atoms with E-state index in [1.807, 2.05) is 78.9 Å². The zero-order chi connectivity index (χ0) is 66.6. The second-order valence-electron chi connectivity index (χ2n) is 29.3. The van der Waals surface area contributed by atoms with Gasteiger partial charge < -0.3 is 36.1 Å². The Morgan fingerprint density at radius 2 is 0.629 bits per heavy atom. The number of thiophene rings is 4. The van der Waals surface area contributed by atoms with Gasteiger partial charge in [-0.25, -0.2) is 0 Å². The molecule has 4 amide bonds. The van der Waals surface area contributed by atoms with Crippen molar-refractivity contribution in [2.45, 2.75) is 181 Å². The first-order valence-electron chi connectivity index (χ1n) is 30.7. The second-order valence-corrected chi connectivity index (χ2v) is 72.6. The summed E-state index contributed by atoms with van der Waals surface area (Å²) in [6, 6.07) is 20.0. The Morgan fingerprint density at radius 3 is 0.809 bits per heavy atom. The first kappa shape index (κ1) is 76.4. The molecule has 0 fully saturated rings. The van der Waals surface area contributed by atoms with Gasteiger partial charge in [0.1, 0.15) is 0 Å². The number of rotatable bonds is 28. The molecule has 0 saturated heterocycles. The third-order valence-corrected chi connectivity index (χ3v) is 44.3. The van der Waals surface area contributed by atoms with Crippen LogP contribution < -0.4 is 0 Å². The van der Waals surface area contributed by atoms with E-state index in [0.29, 0.717) is 48.5 Å². The minimum atomic E-state index is -1.88. The van der Waals surface area contributed by atoms with Gasteiger partial charge >= 0.3 is 24.8 Å². The van der Waals surface area contributed by atoms with Gasteiger partial charge in [-0.05, 0) is 260 Å². The van der Waals surface area contributed by atoms with Crippen LogP contribution in [0.3, 0.4) is 0 Å². The van der Waals surface area contributed by atoms with Crippen LogP contribution in [0.2, 0.25) is 155 Å². The topological polar surface area (TPSA) is 131 Å². The van der Waals surface area contributed by atoms with Crippen molar-refractivity contribution >= 4 is 211 Å². The Morgan fingerprint density at radius 1 is 0.404 bits per heavy atom. The predicted octanol–water partition coefficient (Wildman–Crippen LogP) is 18.7. The van der Waals surface area contributed by atoms with Crippen molar-refractivity contribution in [3.05, 3.63) is 109 Å². The quantitative estimate of drug-likeness (QED) is 0.0439. The molecule has 487 valence electrons. The van der Waals surface area contributed by atoms with Crippen LogP contribution in [-0.2, 0) is 35.6 Å². The summed E-state index contributed by atoms with van der Waals surface area (Å²) in [5.41, 5.74) is 5.34. The van der Waals surface area contributed by atoms with Crippen LogP contribution in [0.15, 0.2) is 93.5 Å². The van der Waals surface area contributed by atoms with E-state index < -0.39 is 66.5 Å². The molecule has 29 heteroatoms. The van der Waals surface area contributed by atoms with Gasteiger partial charge in [0.15, 0.2) is 66.5 Å². The van der Waals surface area contributed by atoms with E-state index in [-0.39, 0.29) is 23.6 Å². The summed E-state index contributed by atoms with van der Waals surface area (Å²) in [6.45, 7) is 47.4. The number of halogens is 2. The normalized spacial score (nSPS) is 16.4. The van der Waals surface area contributed by atoms with Gasteiger partial charge in [0.25, 0.3) is 23.6 Å². The SMILES string of the molecule is C[Si](C)(C)O[Si](C)(C)CCCN1C(=O)C2=C(c3ccc(Br)s3)N(CCC[Si](C)(C)O[Si](C)(C)C)C(=O)C2=C1c1ccc(Br)s1.C[Si](C)(C)O[Si](C)(C)CCCN1C(=O)C2=C(c3cccs3)N(CCC[Si](C)(C)O[Si](C)(C)C)C(=O)C2=C1c1cccs1.[B]=NS. The molecule has 0 atom stereocenters. The summed E-state index contributed by atoms with van der Waals surface area (Å²) < 4.78 is 30.9. The molecule has 89 heavy (non-hydrogen) atoms. The summed E-state index contributed by atoms with van der Waals surface area (Å²) in [6.07, 6.45) is 3.38. The van der Waals surface area contributed by atoms with Crippen LogP contribution >= 0.6 is 90.0 Å². The van der Waals surface area contributed by atoms with Crippen LogP contribution in [0.1, 0.15) is 45.2 Å². The molecule has 4 aromatic rings. The first-order chi connectivity index (χ1) is 41.0. The molecule has 0 saturated carbocycles. The molecule has 0 aliphatic carbocycles. The molecule has 0 bridgehead atoms. The van der Waals surface area contributed by atoms with Gasteiger partial charge in [0.05, 0.1) is 72.2 Å². The zero-order valence-corrected chi connectivity index (χ0v) is 71.5. The fourth-order valence-corrected chi connectivity index (χ4v) is 49.2. The molecule has 1 radical (unpaired) electrons. The van der Waals surface area contributed by atoms with E-state index in [4.69, 9.17) is 16.5 Å². The number of nitrogens with zero attached hydrogens (tertiary/aromatic N) is 5. The summed E-state index contributed by atoms with van der Waals surface area (Å²) in [5.74, 6) is -0.237. The molecule has 4 aliphatic rings. The Labute approximate surface area is 580 Å². The van der Waals surface area contributed by atoms with E-state index >= 15 is 0 Å². The van der Waals surface area contributed by atoms with Crippen LogP contribution in [0.25, 0.3) is 22.8 Å². The zero-order valence-electron chi connectivity index (χ0n) is 56.2. The van der Waals surface area contributed by atoms with Crippen molar-refractivity contribution in [3.63, 3.8) is 0 Å². The molecule has 4 aliphatic heterocycles. The van der Waals surface area contributed by atoms with Crippen LogP contribution in [0, 0.1) is 0 Å². The van der Waals surface area contributed by atoms with E-state index in [1.165, 1.54) is 0 Å². The molecule has 8 rings (SSSR count). The summed E-state index contributed by atoms with van der Waals surface area (Å²) in [7, 11) is -9.75. The first-order valence-corrected chi connectivity index (χ1v) is 62.2. The maximum absolute atomic E-state index is 14.4. The number of fused-ring (bicyclic) bond motifs is 2. The Hall–Kier alpha value is -1.61. The predicted molar refractivity (Wildman–Crippen MR) is 410 cm³/mol. The van der Waals surface area contributed by atoms with E-state index in [2.05, 4.69) is 188 Å². The van der Waals surface area contributed by atoms with Crippen molar-refractivity contribution < 1.29 is 35.6 Å². The molecule has 0 unspecified atom stereocenters. The molecule has 8 heterocycles. The van der Waals surface area contributed by atoms with Crippen LogP contribution in [0.5, 0.6) is 0 Å². The Balaban J connectivity index is 0.000000272. The van der Waals surface area contributed by atoms with Gasteiger partial charge in [-0.2, -0.15) is 0 Å². The second kappa shape index (κ2) is 30.6. The van der Waals surface area contributed by atoms with Gasteiger partial charge in [-0.1, -0.05) is 12.1 Å². The average Bonchev–Trinajstić information content (AvgIpc) is 1.58. The van der Waals surface area contributed by atoms with E-state index in [9.17, 15) is 19.2 Å². The average molecular weight is 1570 g/mol. The van der Waals surface area contributed by atoms with E-state index in [0.717, 1.165) is 99.7 Å². The summed E-state index contributed by atoms with van der Waals surface area (Å²) in [4.78, 5) is 68.8. The van der Waals surface area contributed by atoms with E-state index in [1.54, 1.807) is 45.3 Å². The monoisotopic (exact) mass is 1570 g/mol. The molecule has 0 aromatic carbocycles. The fourth-order valence-electron chi connectivity index (χ4n) is 12.6. The van der Waals surface area contributed by atoms with Crippen molar-refractivity contribution in [1.29, 1.82) is 0 Å². The molecule has 13 nitrogen and oxygen atoms in total. The number of amides is 4. The van der Waals surface area contributed by atoms with Crippen molar-refractivity contribution in [3.8, 4) is 0 Å². The van der Waals surface area contributed by atoms with Gasteiger partial charge in [-0.15, -0.1) is 45.3 Å². The van der Waals surface area contributed by atoms with Crippen LogP contribution in [0.4, 0.5) is 0 Å². The third kappa shape index (κ3) is 21.2. The van der Waals surface area contributed by atoms with Gasteiger partial charge in [0.2, 0.25) is 0 Å². The van der Waals surface area contributed by atoms with Gasteiger partial charge in [-0.3, -0.25) is 19.2 Å². The number of hydrogen-bond donors (Lipinski definition) is 1. The molecular weight excluding hydrogens is 1470 g/mol. The Kier molecular flexibility index (Phi) is 26.3. The Bertz CT molecular complexity index is 3130. The van der Waals surface area contributed by atoms with Gasteiger partial charge in [0, 0.05) is 26.2 Å². The number of hydrogen-bond acceptors (Lipinski definition) is 14. The van der Waals surface area contributed by atoms with Crippen molar-refractivity contribution in [1.82, 2.24) is 19.6 Å². The number of thiol groups is 1. The number of carbonyl (C=O) groups is 4. The minimum absolute atomic E-state index is 0.0463. The fraction of sp³-hybridized carbons (Fsp3) is 0.533. The molecule has 0 spiro atoms. The summed E-state index contributed by atoms with van der Waals surface area (Å²) in [5, 5.41) is 4.04. The third-order valence-electron chi connectivity index (χ3n) is 14.5. The molecule has 4 aromatic heterocycles.